The predicted octanol–water partition coefficient (Wildman–Crippen LogP) is 3.27. The molecular formula is C13H10F3NO. The second kappa shape index (κ2) is 5.00. The summed E-state index contributed by atoms with van der Waals surface area (Å²) in [4.78, 5) is 0. The van der Waals surface area contributed by atoms with Gasteiger partial charge < -0.3 is 10.5 Å². The fraction of sp³-hybridized carbons (Fsp3) is 0.0769. The Morgan fingerprint density at radius 1 is 0.944 bits per heavy atom. The first kappa shape index (κ1) is 12.3. The van der Waals surface area contributed by atoms with Crippen molar-refractivity contribution in [2.24, 2.45) is 0 Å². The van der Waals surface area contributed by atoms with Gasteiger partial charge in [0.05, 0.1) is 0 Å². The van der Waals surface area contributed by atoms with Gasteiger partial charge in [0.25, 0.3) is 0 Å². The molecule has 0 aliphatic rings. The number of halogens is 3. The zero-order valence-electron chi connectivity index (χ0n) is 9.29. The summed E-state index contributed by atoms with van der Waals surface area (Å²) in [5, 5.41) is 0. The van der Waals surface area contributed by atoms with Gasteiger partial charge >= 0.3 is 0 Å². The van der Waals surface area contributed by atoms with E-state index in [9.17, 15) is 13.2 Å². The topological polar surface area (TPSA) is 35.2 Å². The predicted molar refractivity (Wildman–Crippen MR) is 61.5 cm³/mol. The van der Waals surface area contributed by atoms with Crippen LogP contribution in [-0.4, -0.2) is 0 Å². The third-order valence-electron chi connectivity index (χ3n) is 2.28. The summed E-state index contributed by atoms with van der Waals surface area (Å²) in [6.45, 7) is 0.0209. The average molecular weight is 253 g/mol. The molecule has 0 saturated carbocycles. The fourth-order valence-electron chi connectivity index (χ4n) is 1.49. The summed E-state index contributed by atoms with van der Waals surface area (Å²) in [6, 6.07) is 7.17. The molecule has 2 nitrogen and oxygen atoms in total. The van der Waals surface area contributed by atoms with Crippen LogP contribution in [0.5, 0.6) is 5.75 Å². The van der Waals surface area contributed by atoms with Crippen molar-refractivity contribution in [3.05, 3.63) is 59.4 Å². The number of nitrogen functional groups attached to an aromatic ring is 1. The van der Waals surface area contributed by atoms with Crippen LogP contribution in [0.15, 0.2) is 36.4 Å². The van der Waals surface area contributed by atoms with E-state index in [2.05, 4.69) is 0 Å². The molecule has 0 aliphatic carbocycles. The molecule has 0 atom stereocenters. The maximum Gasteiger partial charge on any atom is 0.162 e. The molecule has 2 rings (SSSR count). The maximum absolute atomic E-state index is 13.0. The van der Waals surface area contributed by atoms with Crippen LogP contribution in [0.25, 0.3) is 0 Å². The van der Waals surface area contributed by atoms with E-state index < -0.39 is 17.5 Å². The molecule has 2 aromatic rings. The number of hydrogen-bond donors (Lipinski definition) is 1. The van der Waals surface area contributed by atoms with Crippen molar-refractivity contribution in [1.29, 1.82) is 0 Å². The van der Waals surface area contributed by atoms with Gasteiger partial charge in [-0.15, -0.1) is 0 Å². The van der Waals surface area contributed by atoms with Gasteiger partial charge in [-0.1, -0.05) is 0 Å². The highest BCUT2D eigenvalue weighted by Crippen LogP contribution is 2.18. The van der Waals surface area contributed by atoms with Crippen LogP contribution in [0.3, 0.4) is 0 Å². The third-order valence-corrected chi connectivity index (χ3v) is 2.28. The van der Waals surface area contributed by atoms with Crippen molar-refractivity contribution >= 4 is 5.69 Å². The van der Waals surface area contributed by atoms with Gasteiger partial charge in [0, 0.05) is 11.8 Å². The molecule has 0 radical (unpaired) electrons. The second-order valence-corrected chi connectivity index (χ2v) is 3.76. The van der Waals surface area contributed by atoms with Gasteiger partial charge in [0.2, 0.25) is 0 Å². The smallest absolute Gasteiger partial charge is 0.162 e. The van der Waals surface area contributed by atoms with Crippen molar-refractivity contribution in [2.75, 3.05) is 5.73 Å². The van der Waals surface area contributed by atoms with Gasteiger partial charge in [-0.2, -0.15) is 0 Å². The first-order valence-electron chi connectivity index (χ1n) is 5.17. The number of ether oxygens (including phenoxy) is 1. The third kappa shape index (κ3) is 2.94. The summed E-state index contributed by atoms with van der Waals surface area (Å²) >= 11 is 0. The Morgan fingerprint density at radius 3 is 2.39 bits per heavy atom. The molecule has 5 heteroatoms. The summed E-state index contributed by atoms with van der Waals surface area (Å²) in [6.07, 6.45) is 0. The molecule has 0 fully saturated rings. The Hall–Kier alpha value is -2.17. The normalized spacial score (nSPS) is 10.4. The van der Waals surface area contributed by atoms with Crippen LogP contribution in [-0.2, 0) is 6.61 Å². The lowest BCUT2D eigenvalue weighted by molar-refractivity contribution is 0.302. The minimum absolute atomic E-state index is 0.0209. The Morgan fingerprint density at radius 2 is 1.72 bits per heavy atom. The largest absolute Gasteiger partial charge is 0.489 e. The molecule has 94 valence electrons. The fourth-order valence-corrected chi connectivity index (χ4v) is 1.49. The lowest BCUT2D eigenvalue weighted by Crippen LogP contribution is -1.98. The number of benzene rings is 2. The van der Waals surface area contributed by atoms with Gasteiger partial charge in [-0.05, 0) is 35.9 Å². The molecular weight excluding hydrogens is 243 g/mol. The second-order valence-electron chi connectivity index (χ2n) is 3.76. The Labute approximate surface area is 102 Å². The van der Waals surface area contributed by atoms with Crippen molar-refractivity contribution in [1.82, 2.24) is 0 Å². The van der Waals surface area contributed by atoms with E-state index in [0.29, 0.717) is 5.56 Å². The van der Waals surface area contributed by atoms with E-state index >= 15 is 0 Å². The molecule has 0 heterocycles. The van der Waals surface area contributed by atoms with Gasteiger partial charge in [0.15, 0.2) is 11.6 Å². The van der Waals surface area contributed by atoms with Crippen LogP contribution in [0.4, 0.5) is 18.9 Å². The highest BCUT2D eigenvalue weighted by molar-refractivity contribution is 5.41. The molecule has 2 N–H and O–H groups in total. The lowest BCUT2D eigenvalue weighted by Gasteiger charge is -2.07. The van der Waals surface area contributed by atoms with Crippen LogP contribution in [0.1, 0.15) is 5.56 Å². The quantitative estimate of drug-likeness (QED) is 0.852. The molecule has 0 aliphatic heterocycles. The summed E-state index contributed by atoms with van der Waals surface area (Å²) in [5.41, 5.74) is 6.26. The molecule has 2 aromatic carbocycles. The molecule has 0 saturated heterocycles. The van der Waals surface area contributed by atoms with Crippen molar-refractivity contribution in [3.63, 3.8) is 0 Å². The number of anilines is 1. The summed E-state index contributed by atoms with van der Waals surface area (Å²) in [7, 11) is 0. The maximum atomic E-state index is 13.0. The standard InChI is InChI=1S/C13H10F3NO/c14-9-3-8(4-10(17)5-9)7-18-11-1-2-12(15)13(16)6-11/h1-6H,7,17H2. The van der Waals surface area contributed by atoms with Crippen molar-refractivity contribution in [3.8, 4) is 5.75 Å². The van der Waals surface area contributed by atoms with E-state index in [0.717, 1.165) is 12.1 Å². The minimum atomic E-state index is -0.994. The molecule has 0 unspecified atom stereocenters. The van der Waals surface area contributed by atoms with E-state index in [1.807, 2.05) is 0 Å². The first-order chi connectivity index (χ1) is 8.54. The Kier molecular flexibility index (Phi) is 3.41. The van der Waals surface area contributed by atoms with Crippen molar-refractivity contribution < 1.29 is 17.9 Å². The SMILES string of the molecule is Nc1cc(F)cc(COc2ccc(F)c(F)c2)c1. The van der Waals surface area contributed by atoms with Crippen LogP contribution < -0.4 is 10.5 Å². The molecule has 0 amide bonds. The monoisotopic (exact) mass is 253 g/mol. The Bertz CT molecular complexity index is 552. The highest BCUT2D eigenvalue weighted by atomic mass is 19.2. The van der Waals surface area contributed by atoms with Crippen LogP contribution in [0.2, 0.25) is 0 Å². The van der Waals surface area contributed by atoms with Crippen LogP contribution >= 0.6 is 0 Å². The molecule has 18 heavy (non-hydrogen) atoms. The molecule has 0 aromatic heterocycles. The Balaban J connectivity index is 2.08. The van der Waals surface area contributed by atoms with Crippen LogP contribution in [0, 0.1) is 17.5 Å². The van der Waals surface area contributed by atoms with E-state index in [1.54, 1.807) is 6.07 Å². The van der Waals surface area contributed by atoms with E-state index in [4.69, 9.17) is 10.5 Å². The number of rotatable bonds is 3. The zero-order chi connectivity index (χ0) is 13.1. The lowest BCUT2D eigenvalue weighted by atomic mass is 10.2. The van der Waals surface area contributed by atoms with E-state index in [1.165, 1.54) is 18.2 Å². The first-order valence-corrected chi connectivity index (χ1v) is 5.17. The summed E-state index contributed by atoms with van der Waals surface area (Å²) < 4.78 is 43.8. The van der Waals surface area contributed by atoms with E-state index in [-0.39, 0.29) is 18.0 Å². The molecule has 0 spiro atoms. The highest BCUT2D eigenvalue weighted by Gasteiger charge is 2.04. The van der Waals surface area contributed by atoms with Gasteiger partial charge in [0.1, 0.15) is 18.2 Å². The van der Waals surface area contributed by atoms with Gasteiger partial charge in [-0.25, -0.2) is 13.2 Å². The number of hydrogen-bond acceptors (Lipinski definition) is 2. The summed E-state index contributed by atoms with van der Waals surface area (Å²) in [5.74, 6) is -2.25. The minimum Gasteiger partial charge on any atom is -0.489 e. The molecule has 0 bridgehead atoms. The van der Waals surface area contributed by atoms with Gasteiger partial charge in [-0.3, -0.25) is 0 Å². The van der Waals surface area contributed by atoms with Crippen molar-refractivity contribution in [2.45, 2.75) is 6.61 Å². The number of nitrogens with two attached hydrogens (primary N) is 1. The average Bonchev–Trinajstić information content (AvgIpc) is 2.29. The zero-order valence-corrected chi connectivity index (χ0v) is 9.29.